The summed E-state index contributed by atoms with van der Waals surface area (Å²) in [5, 5.41) is 6.07. The van der Waals surface area contributed by atoms with Crippen molar-refractivity contribution in [2.24, 2.45) is 0 Å². The quantitative estimate of drug-likeness (QED) is 0.724. The number of para-hydroxylation sites is 2. The summed E-state index contributed by atoms with van der Waals surface area (Å²) in [4.78, 5) is 27.8. The Bertz CT molecular complexity index is 1130. The number of rotatable bonds is 2. The van der Waals surface area contributed by atoms with Crippen molar-refractivity contribution in [3.8, 4) is 0 Å². The molecule has 0 aromatic heterocycles. The number of benzene rings is 3. The van der Waals surface area contributed by atoms with E-state index in [9.17, 15) is 14.0 Å². The van der Waals surface area contributed by atoms with E-state index in [1.807, 2.05) is 12.1 Å². The summed E-state index contributed by atoms with van der Waals surface area (Å²) in [5.74, 6) is -1.05. The van der Waals surface area contributed by atoms with Crippen LogP contribution in [0.4, 0.5) is 15.8 Å². The summed E-state index contributed by atoms with van der Waals surface area (Å²) in [6, 6.07) is 20.6. The Morgan fingerprint density at radius 1 is 0.857 bits per heavy atom. The second-order valence-corrected chi connectivity index (χ2v) is 6.87. The van der Waals surface area contributed by atoms with Crippen LogP contribution in [0, 0.1) is 5.82 Å². The van der Waals surface area contributed by atoms with E-state index >= 15 is 0 Å². The molecule has 2 heterocycles. The fourth-order valence-corrected chi connectivity index (χ4v) is 3.91. The third kappa shape index (κ3) is 2.24. The minimum atomic E-state index is -1.41. The van der Waals surface area contributed by atoms with Crippen molar-refractivity contribution in [2.75, 3.05) is 10.2 Å². The van der Waals surface area contributed by atoms with Gasteiger partial charge in [-0.1, -0.05) is 48.5 Å². The van der Waals surface area contributed by atoms with E-state index in [1.165, 1.54) is 11.0 Å². The fourth-order valence-electron chi connectivity index (χ4n) is 3.91. The topological polar surface area (TPSA) is 61.4 Å². The minimum absolute atomic E-state index is 0.0729. The molecule has 6 heteroatoms. The zero-order valence-corrected chi connectivity index (χ0v) is 14.8. The van der Waals surface area contributed by atoms with Gasteiger partial charge in [0.1, 0.15) is 5.82 Å². The van der Waals surface area contributed by atoms with Gasteiger partial charge in [-0.3, -0.25) is 9.59 Å². The maximum absolute atomic E-state index is 14.2. The first-order valence-corrected chi connectivity index (χ1v) is 8.95. The van der Waals surface area contributed by atoms with E-state index in [1.54, 1.807) is 54.6 Å². The molecular formula is C22H16FN3O2. The first kappa shape index (κ1) is 16.5. The molecule has 28 heavy (non-hydrogen) atoms. The monoisotopic (exact) mass is 373 g/mol. The second-order valence-electron chi connectivity index (χ2n) is 6.87. The standard InChI is InChI=1S/C22H16FN3O2/c23-17-10-4-1-7-14(17)13-26-19-12-6-3-9-16(19)22(21(26)28)24-18-11-5-2-8-15(18)20(27)25-22/h1-12,24H,13H2,(H,25,27). The van der Waals surface area contributed by atoms with Crippen LogP contribution in [0.3, 0.4) is 0 Å². The van der Waals surface area contributed by atoms with E-state index in [-0.39, 0.29) is 24.2 Å². The van der Waals surface area contributed by atoms with Crippen molar-refractivity contribution < 1.29 is 14.0 Å². The molecule has 0 radical (unpaired) electrons. The van der Waals surface area contributed by atoms with Crippen LogP contribution in [0.1, 0.15) is 21.5 Å². The molecule has 2 N–H and O–H groups in total. The minimum Gasteiger partial charge on any atom is -0.350 e. The zero-order valence-electron chi connectivity index (χ0n) is 14.8. The van der Waals surface area contributed by atoms with Gasteiger partial charge in [0.2, 0.25) is 5.66 Å². The summed E-state index contributed by atoms with van der Waals surface area (Å²) in [6.07, 6.45) is 0. The van der Waals surface area contributed by atoms with E-state index in [2.05, 4.69) is 10.6 Å². The maximum atomic E-state index is 14.2. The van der Waals surface area contributed by atoms with Crippen molar-refractivity contribution in [3.05, 3.63) is 95.3 Å². The van der Waals surface area contributed by atoms with Gasteiger partial charge in [0, 0.05) is 16.8 Å². The number of anilines is 2. The van der Waals surface area contributed by atoms with Gasteiger partial charge in [0.05, 0.1) is 17.8 Å². The number of carbonyl (C=O) groups excluding carboxylic acids is 2. The highest BCUT2D eigenvalue weighted by atomic mass is 19.1. The van der Waals surface area contributed by atoms with Crippen LogP contribution in [-0.4, -0.2) is 11.8 Å². The number of nitrogens with one attached hydrogen (secondary N) is 2. The van der Waals surface area contributed by atoms with Gasteiger partial charge in [0.25, 0.3) is 11.8 Å². The highest BCUT2D eigenvalue weighted by Crippen LogP contribution is 2.43. The second kappa shape index (κ2) is 5.92. The molecule has 1 atom stereocenters. The fraction of sp³-hybridized carbons (Fsp3) is 0.0909. The van der Waals surface area contributed by atoms with E-state index in [4.69, 9.17) is 0 Å². The molecule has 5 rings (SSSR count). The molecule has 3 aromatic carbocycles. The molecule has 2 aliphatic rings. The highest BCUT2D eigenvalue weighted by molar-refractivity contribution is 6.15. The summed E-state index contributed by atoms with van der Waals surface area (Å²) in [7, 11) is 0. The Balaban J connectivity index is 1.63. The van der Waals surface area contributed by atoms with Crippen LogP contribution >= 0.6 is 0 Å². The molecule has 0 saturated carbocycles. The molecule has 0 fully saturated rings. The Labute approximate surface area is 160 Å². The SMILES string of the molecule is O=C1NC2(Nc3ccccc31)C(=O)N(Cc1ccccc1F)c1ccccc12. The lowest BCUT2D eigenvalue weighted by Gasteiger charge is -2.36. The third-order valence-electron chi connectivity index (χ3n) is 5.25. The van der Waals surface area contributed by atoms with E-state index < -0.39 is 5.66 Å². The number of hydrogen-bond acceptors (Lipinski definition) is 3. The largest absolute Gasteiger partial charge is 0.350 e. The molecule has 2 aliphatic heterocycles. The van der Waals surface area contributed by atoms with Crippen molar-refractivity contribution in [3.63, 3.8) is 0 Å². The number of halogens is 1. The van der Waals surface area contributed by atoms with Crippen LogP contribution in [-0.2, 0) is 17.0 Å². The van der Waals surface area contributed by atoms with Gasteiger partial charge in [-0.2, -0.15) is 0 Å². The lowest BCUT2D eigenvalue weighted by atomic mass is 9.96. The van der Waals surface area contributed by atoms with Crippen LogP contribution < -0.4 is 15.5 Å². The number of carbonyl (C=O) groups is 2. The summed E-state index contributed by atoms with van der Waals surface area (Å²) in [6.45, 7) is 0.0729. The molecular weight excluding hydrogens is 357 g/mol. The Hall–Kier alpha value is -3.67. The summed E-state index contributed by atoms with van der Waals surface area (Å²) >= 11 is 0. The molecule has 2 amide bonds. The Morgan fingerprint density at radius 2 is 1.57 bits per heavy atom. The molecule has 0 saturated heterocycles. The van der Waals surface area contributed by atoms with Gasteiger partial charge < -0.3 is 15.5 Å². The number of fused-ring (bicyclic) bond motifs is 3. The first-order chi connectivity index (χ1) is 13.6. The zero-order chi connectivity index (χ0) is 19.3. The molecule has 0 aliphatic carbocycles. The van der Waals surface area contributed by atoms with Crippen molar-refractivity contribution in [1.29, 1.82) is 0 Å². The predicted octanol–water partition coefficient (Wildman–Crippen LogP) is 3.38. The third-order valence-corrected chi connectivity index (χ3v) is 5.25. The number of hydrogen-bond donors (Lipinski definition) is 2. The first-order valence-electron chi connectivity index (χ1n) is 8.95. The average Bonchev–Trinajstić information content (AvgIpc) is 2.92. The summed E-state index contributed by atoms with van der Waals surface area (Å²) < 4.78 is 14.2. The van der Waals surface area contributed by atoms with E-state index in [0.29, 0.717) is 28.1 Å². The van der Waals surface area contributed by atoms with Crippen LogP contribution in [0.25, 0.3) is 0 Å². The molecule has 0 bridgehead atoms. The van der Waals surface area contributed by atoms with Crippen LogP contribution in [0.15, 0.2) is 72.8 Å². The smallest absolute Gasteiger partial charge is 0.278 e. The average molecular weight is 373 g/mol. The van der Waals surface area contributed by atoms with Gasteiger partial charge in [-0.15, -0.1) is 0 Å². The predicted molar refractivity (Wildman–Crippen MR) is 103 cm³/mol. The van der Waals surface area contributed by atoms with Crippen LogP contribution in [0.2, 0.25) is 0 Å². The Kier molecular flexibility index (Phi) is 3.49. The maximum Gasteiger partial charge on any atom is 0.278 e. The molecule has 138 valence electrons. The van der Waals surface area contributed by atoms with Gasteiger partial charge >= 0.3 is 0 Å². The van der Waals surface area contributed by atoms with Crippen LogP contribution in [0.5, 0.6) is 0 Å². The molecule has 3 aromatic rings. The van der Waals surface area contributed by atoms with Gasteiger partial charge in [0.15, 0.2) is 0 Å². The van der Waals surface area contributed by atoms with Gasteiger partial charge in [-0.25, -0.2) is 4.39 Å². The normalized spacial score (nSPS) is 19.8. The molecule has 5 nitrogen and oxygen atoms in total. The van der Waals surface area contributed by atoms with E-state index in [0.717, 1.165) is 0 Å². The van der Waals surface area contributed by atoms with Crippen molar-refractivity contribution in [1.82, 2.24) is 5.32 Å². The lowest BCUT2D eigenvalue weighted by Crippen LogP contribution is -2.60. The van der Waals surface area contributed by atoms with Gasteiger partial charge in [-0.05, 0) is 24.3 Å². The van der Waals surface area contributed by atoms with Crippen molar-refractivity contribution >= 4 is 23.2 Å². The Morgan fingerprint density at radius 3 is 2.43 bits per heavy atom. The van der Waals surface area contributed by atoms with Crippen molar-refractivity contribution in [2.45, 2.75) is 12.2 Å². The highest BCUT2D eigenvalue weighted by Gasteiger charge is 2.54. The molecule has 1 unspecified atom stereocenters. The lowest BCUT2D eigenvalue weighted by molar-refractivity contribution is -0.123. The molecule has 1 spiro atoms. The summed E-state index contributed by atoms with van der Waals surface area (Å²) in [5.41, 5.74) is 1.34. The number of nitrogens with zero attached hydrogens (tertiary/aromatic N) is 1. The number of amides is 2.